The summed E-state index contributed by atoms with van der Waals surface area (Å²) >= 11 is 3.84. The fourth-order valence-electron chi connectivity index (χ4n) is 9.44. The van der Waals surface area contributed by atoms with E-state index in [0.717, 1.165) is 5.69 Å². The molecular formula is C54H32N2S2. The molecule has 4 aromatic heterocycles. The van der Waals surface area contributed by atoms with Crippen LogP contribution in [0.5, 0.6) is 0 Å². The lowest BCUT2D eigenvalue weighted by Gasteiger charge is -2.10. The second kappa shape index (κ2) is 12.3. The monoisotopic (exact) mass is 772 g/mol. The Kier molecular flexibility index (Phi) is 6.79. The van der Waals surface area contributed by atoms with Gasteiger partial charge in [0.05, 0.1) is 31.5 Å². The smallest absolute Gasteiger partial charge is 0.0541 e. The molecule has 0 atom stereocenters. The van der Waals surface area contributed by atoms with E-state index in [1.54, 1.807) is 0 Å². The molecule has 58 heavy (non-hydrogen) atoms. The second-order valence-electron chi connectivity index (χ2n) is 15.3. The van der Waals surface area contributed by atoms with E-state index >= 15 is 0 Å². The van der Waals surface area contributed by atoms with Gasteiger partial charge in [0, 0.05) is 63.9 Å². The van der Waals surface area contributed by atoms with Crippen LogP contribution in [0.3, 0.4) is 0 Å². The van der Waals surface area contributed by atoms with E-state index < -0.39 is 0 Å². The maximum atomic E-state index is 2.45. The van der Waals surface area contributed by atoms with Gasteiger partial charge in [-0.25, -0.2) is 0 Å². The Morgan fingerprint density at radius 1 is 0.259 bits per heavy atom. The van der Waals surface area contributed by atoms with Gasteiger partial charge < -0.3 is 9.13 Å². The molecule has 13 rings (SSSR count). The molecule has 0 saturated heterocycles. The van der Waals surface area contributed by atoms with Crippen molar-refractivity contribution in [3.8, 4) is 33.6 Å². The maximum absolute atomic E-state index is 2.45. The molecule has 2 nitrogen and oxygen atoms in total. The van der Waals surface area contributed by atoms with Crippen LogP contribution in [0.25, 0.3) is 118 Å². The molecule has 0 spiro atoms. The summed E-state index contributed by atoms with van der Waals surface area (Å²) < 4.78 is 10.3. The minimum absolute atomic E-state index is 1.16. The van der Waals surface area contributed by atoms with Crippen molar-refractivity contribution < 1.29 is 0 Å². The predicted octanol–water partition coefficient (Wildman–Crippen LogP) is 16.0. The minimum Gasteiger partial charge on any atom is -0.309 e. The first-order chi connectivity index (χ1) is 28.7. The van der Waals surface area contributed by atoms with Crippen molar-refractivity contribution in [1.82, 2.24) is 9.13 Å². The zero-order valence-corrected chi connectivity index (χ0v) is 32.8. The number of thiophene rings is 2. The molecule has 13 aromatic rings. The standard InChI is InChI=1S/C54H32N2S2/c1-2-10-33(11-3-1)34-18-22-37(23-19-34)55-47-15-7-4-12-39(47)45-30-35(20-28-49(45)55)36-21-29-50-46(31-36)40-13-5-8-16-48(40)56(50)38-24-25-42-44-27-26-43-41-14-6-9-17-51(41)57-53(43)54(44)58-52(42)32-38/h1-32H. The van der Waals surface area contributed by atoms with Crippen LogP contribution in [0.1, 0.15) is 0 Å². The van der Waals surface area contributed by atoms with Crippen molar-refractivity contribution >= 4 is 107 Å². The number of hydrogen-bond acceptors (Lipinski definition) is 2. The third-order valence-electron chi connectivity index (χ3n) is 12.1. The van der Waals surface area contributed by atoms with Crippen LogP contribution in [0.4, 0.5) is 0 Å². The van der Waals surface area contributed by atoms with Crippen LogP contribution in [0.15, 0.2) is 194 Å². The van der Waals surface area contributed by atoms with Crippen molar-refractivity contribution in [3.05, 3.63) is 194 Å². The molecule has 4 heteroatoms. The Labute approximate surface area is 341 Å². The summed E-state index contributed by atoms with van der Waals surface area (Å²) in [5.74, 6) is 0. The van der Waals surface area contributed by atoms with E-state index in [0.29, 0.717) is 0 Å². The summed E-state index contributed by atoms with van der Waals surface area (Å²) in [5, 5.41) is 10.4. The molecule has 9 aromatic carbocycles. The number of hydrogen-bond donors (Lipinski definition) is 0. The zero-order chi connectivity index (χ0) is 37.9. The van der Waals surface area contributed by atoms with Gasteiger partial charge in [0.2, 0.25) is 0 Å². The van der Waals surface area contributed by atoms with Gasteiger partial charge in [-0.1, -0.05) is 127 Å². The highest BCUT2D eigenvalue weighted by molar-refractivity contribution is 7.33. The van der Waals surface area contributed by atoms with Crippen LogP contribution in [0.2, 0.25) is 0 Å². The van der Waals surface area contributed by atoms with E-state index in [1.165, 1.54) is 112 Å². The van der Waals surface area contributed by atoms with Crippen LogP contribution in [-0.4, -0.2) is 9.13 Å². The number of fused-ring (bicyclic) bond motifs is 13. The predicted molar refractivity (Wildman–Crippen MR) is 252 cm³/mol. The molecule has 0 saturated carbocycles. The highest BCUT2D eigenvalue weighted by atomic mass is 32.1. The summed E-state index contributed by atoms with van der Waals surface area (Å²) in [6, 6.07) is 71.7. The average molecular weight is 773 g/mol. The van der Waals surface area contributed by atoms with E-state index in [-0.39, 0.29) is 0 Å². The van der Waals surface area contributed by atoms with Crippen LogP contribution < -0.4 is 0 Å². The highest BCUT2D eigenvalue weighted by Crippen LogP contribution is 2.45. The molecule has 0 aliphatic carbocycles. The molecule has 270 valence electrons. The third-order valence-corrected chi connectivity index (χ3v) is 14.7. The second-order valence-corrected chi connectivity index (χ2v) is 17.4. The van der Waals surface area contributed by atoms with Gasteiger partial charge in [-0.15, -0.1) is 22.7 Å². The Morgan fingerprint density at radius 2 is 0.707 bits per heavy atom. The van der Waals surface area contributed by atoms with E-state index in [2.05, 4.69) is 203 Å². The van der Waals surface area contributed by atoms with Crippen molar-refractivity contribution in [2.75, 3.05) is 0 Å². The van der Waals surface area contributed by atoms with Crippen molar-refractivity contribution in [2.24, 2.45) is 0 Å². The van der Waals surface area contributed by atoms with Gasteiger partial charge in [0.1, 0.15) is 0 Å². The Balaban J connectivity index is 0.937. The molecule has 0 radical (unpaired) electrons. The summed E-state index contributed by atoms with van der Waals surface area (Å²) in [4.78, 5) is 0. The first-order valence-corrected chi connectivity index (χ1v) is 21.4. The van der Waals surface area contributed by atoms with Crippen molar-refractivity contribution in [3.63, 3.8) is 0 Å². The van der Waals surface area contributed by atoms with Crippen LogP contribution in [0, 0.1) is 0 Å². The third kappa shape index (κ3) is 4.64. The van der Waals surface area contributed by atoms with Crippen LogP contribution >= 0.6 is 22.7 Å². The topological polar surface area (TPSA) is 9.86 Å². The van der Waals surface area contributed by atoms with E-state index in [4.69, 9.17) is 0 Å². The normalized spacial score (nSPS) is 12.1. The minimum atomic E-state index is 1.16. The molecule has 0 aliphatic rings. The lowest BCUT2D eigenvalue weighted by atomic mass is 10.0. The van der Waals surface area contributed by atoms with Gasteiger partial charge in [-0.2, -0.15) is 0 Å². The fraction of sp³-hybridized carbons (Fsp3) is 0. The molecular weight excluding hydrogens is 741 g/mol. The molecule has 4 heterocycles. The Hall–Kier alpha value is -6.98. The van der Waals surface area contributed by atoms with Crippen molar-refractivity contribution in [1.29, 1.82) is 0 Å². The highest BCUT2D eigenvalue weighted by Gasteiger charge is 2.18. The summed E-state index contributed by atoms with van der Waals surface area (Å²) in [5.41, 5.74) is 12.1. The largest absolute Gasteiger partial charge is 0.309 e. The SMILES string of the molecule is c1ccc(-c2ccc(-n3c4ccccc4c4cc(-c5ccc6c(c5)c5ccccc5n6-c5ccc6c(c5)sc5c6ccc6c7ccccc7sc65)ccc43)cc2)cc1. The molecule has 0 amide bonds. The number of benzene rings is 9. The molecule has 0 fully saturated rings. The summed E-state index contributed by atoms with van der Waals surface area (Å²) in [6.45, 7) is 0. The van der Waals surface area contributed by atoms with Gasteiger partial charge in [-0.3, -0.25) is 0 Å². The molecule has 0 bridgehead atoms. The van der Waals surface area contributed by atoms with Gasteiger partial charge in [0.25, 0.3) is 0 Å². The van der Waals surface area contributed by atoms with Gasteiger partial charge in [0.15, 0.2) is 0 Å². The number of nitrogens with zero attached hydrogens (tertiary/aromatic N) is 2. The van der Waals surface area contributed by atoms with Crippen molar-refractivity contribution in [2.45, 2.75) is 0 Å². The summed E-state index contributed by atoms with van der Waals surface area (Å²) in [7, 11) is 0. The van der Waals surface area contributed by atoms with Crippen LogP contribution in [-0.2, 0) is 0 Å². The maximum Gasteiger partial charge on any atom is 0.0541 e. The fourth-order valence-corrected chi connectivity index (χ4v) is 12.0. The van der Waals surface area contributed by atoms with Gasteiger partial charge >= 0.3 is 0 Å². The number of rotatable bonds is 4. The first kappa shape index (κ1) is 32.1. The zero-order valence-electron chi connectivity index (χ0n) is 31.2. The quantitative estimate of drug-likeness (QED) is 0.169. The lowest BCUT2D eigenvalue weighted by molar-refractivity contribution is 1.18. The Bertz CT molecular complexity index is 3780. The molecule has 0 unspecified atom stereocenters. The first-order valence-electron chi connectivity index (χ1n) is 19.7. The van der Waals surface area contributed by atoms with E-state index in [9.17, 15) is 0 Å². The number of aromatic nitrogens is 2. The number of para-hydroxylation sites is 2. The average Bonchev–Trinajstić information content (AvgIpc) is 4.04. The lowest BCUT2D eigenvalue weighted by Crippen LogP contribution is -1.94. The molecule has 0 aliphatic heterocycles. The summed E-state index contributed by atoms with van der Waals surface area (Å²) in [6.07, 6.45) is 0. The van der Waals surface area contributed by atoms with E-state index in [1.807, 2.05) is 22.7 Å². The molecule has 0 N–H and O–H groups in total. The Morgan fingerprint density at radius 3 is 1.36 bits per heavy atom. The van der Waals surface area contributed by atoms with Gasteiger partial charge in [-0.05, 0) is 89.0 Å².